The van der Waals surface area contributed by atoms with Crippen molar-refractivity contribution < 1.29 is 13.9 Å². The summed E-state index contributed by atoms with van der Waals surface area (Å²) >= 11 is 1.32. The molecule has 0 atom stereocenters. The van der Waals surface area contributed by atoms with E-state index < -0.39 is 0 Å². The summed E-state index contributed by atoms with van der Waals surface area (Å²) in [6.07, 6.45) is 0.723. The van der Waals surface area contributed by atoms with E-state index in [1.54, 1.807) is 13.2 Å². The number of anilines is 1. The SMILES string of the molecule is CCc1nc2cc(NC(=O)CSc3nnc(C)n3-c3cccc(OC)c3)ccc2o1. The van der Waals surface area contributed by atoms with E-state index in [-0.39, 0.29) is 11.7 Å². The van der Waals surface area contributed by atoms with Crippen molar-refractivity contribution in [2.24, 2.45) is 0 Å². The molecule has 0 radical (unpaired) electrons. The highest BCUT2D eigenvalue weighted by atomic mass is 32.2. The Morgan fingerprint density at radius 2 is 2.10 bits per heavy atom. The number of fused-ring (bicyclic) bond motifs is 1. The van der Waals surface area contributed by atoms with Crippen molar-refractivity contribution >= 4 is 34.5 Å². The van der Waals surface area contributed by atoms with E-state index in [0.29, 0.717) is 22.3 Å². The van der Waals surface area contributed by atoms with Crippen LogP contribution in [0.1, 0.15) is 18.6 Å². The van der Waals surface area contributed by atoms with Crippen molar-refractivity contribution in [3.63, 3.8) is 0 Å². The number of benzene rings is 2. The summed E-state index contributed by atoms with van der Waals surface area (Å²) in [5.74, 6) is 2.20. The fourth-order valence-electron chi connectivity index (χ4n) is 3.01. The van der Waals surface area contributed by atoms with Crippen LogP contribution in [0, 0.1) is 6.92 Å². The molecular weight excluding hydrogens is 402 g/mol. The normalized spacial score (nSPS) is 11.0. The lowest BCUT2D eigenvalue weighted by Crippen LogP contribution is -2.14. The van der Waals surface area contributed by atoms with Crippen molar-refractivity contribution in [2.45, 2.75) is 25.4 Å². The molecule has 0 bridgehead atoms. The Labute approximate surface area is 177 Å². The lowest BCUT2D eigenvalue weighted by Gasteiger charge is -2.10. The molecule has 0 aliphatic heterocycles. The largest absolute Gasteiger partial charge is 0.497 e. The highest BCUT2D eigenvalue weighted by molar-refractivity contribution is 7.99. The van der Waals surface area contributed by atoms with Gasteiger partial charge in [0.05, 0.1) is 18.6 Å². The highest BCUT2D eigenvalue weighted by Gasteiger charge is 2.14. The van der Waals surface area contributed by atoms with Crippen LogP contribution in [0.3, 0.4) is 0 Å². The van der Waals surface area contributed by atoms with E-state index in [1.165, 1.54) is 11.8 Å². The third-order valence-corrected chi connectivity index (χ3v) is 5.39. The molecule has 154 valence electrons. The fraction of sp³-hybridized carbons (Fsp3) is 0.238. The lowest BCUT2D eigenvalue weighted by molar-refractivity contribution is -0.113. The van der Waals surface area contributed by atoms with Crippen LogP contribution in [0.2, 0.25) is 0 Å². The van der Waals surface area contributed by atoms with Crippen LogP contribution in [0.15, 0.2) is 52.0 Å². The van der Waals surface area contributed by atoms with Crippen molar-refractivity contribution in [3.05, 3.63) is 54.2 Å². The van der Waals surface area contributed by atoms with E-state index in [9.17, 15) is 4.79 Å². The van der Waals surface area contributed by atoms with Gasteiger partial charge in [-0.2, -0.15) is 0 Å². The van der Waals surface area contributed by atoms with Crippen LogP contribution in [-0.4, -0.2) is 38.5 Å². The van der Waals surface area contributed by atoms with Crippen molar-refractivity contribution in [1.82, 2.24) is 19.7 Å². The van der Waals surface area contributed by atoms with Crippen molar-refractivity contribution in [3.8, 4) is 11.4 Å². The number of hydrogen-bond acceptors (Lipinski definition) is 7. The highest BCUT2D eigenvalue weighted by Crippen LogP contribution is 2.25. The number of methoxy groups -OCH3 is 1. The molecule has 0 saturated carbocycles. The number of rotatable bonds is 7. The number of nitrogens with one attached hydrogen (secondary N) is 1. The van der Waals surface area contributed by atoms with Gasteiger partial charge in [-0.25, -0.2) is 4.98 Å². The molecule has 30 heavy (non-hydrogen) atoms. The fourth-order valence-corrected chi connectivity index (χ4v) is 3.81. The standard InChI is InChI=1S/C21H21N5O3S/c1-4-20-23-17-10-14(8-9-18(17)29-20)22-19(27)12-30-21-25-24-13(2)26(21)15-6-5-7-16(11-15)28-3/h5-11H,4,12H2,1-3H3,(H,22,27). The Kier molecular flexibility index (Phi) is 5.71. The molecule has 4 rings (SSSR count). The number of amides is 1. The van der Waals surface area contributed by atoms with Gasteiger partial charge < -0.3 is 14.5 Å². The average Bonchev–Trinajstić information content (AvgIpc) is 3.34. The smallest absolute Gasteiger partial charge is 0.234 e. The maximum absolute atomic E-state index is 12.5. The molecule has 1 N–H and O–H groups in total. The molecule has 0 fully saturated rings. The van der Waals surface area contributed by atoms with E-state index in [2.05, 4.69) is 20.5 Å². The predicted molar refractivity (Wildman–Crippen MR) is 115 cm³/mol. The minimum atomic E-state index is -0.142. The third-order valence-electron chi connectivity index (χ3n) is 4.46. The van der Waals surface area contributed by atoms with Gasteiger partial charge in [-0.1, -0.05) is 24.8 Å². The number of ether oxygens (including phenoxy) is 1. The minimum absolute atomic E-state index is 0.142. The van der Waals surface area contributed by atoms with E-state index in [1.807, 2.05) is 54.8 Å². The molecule has 0 aliphatic carbocycles. The van der Waals surface area contributed by atoms with E-state index in [4.69, 9.17) is 9.15 Å². The molecule has 2 aromatic heterocycles. The van der Waals surface area contributed by atoms with E-state index in [0.717, 1.165) is 29.2 Å². The number of aryl methyl sites for hydroxylation is 2. The number of aromatic nitrogens is 4. The van der Waals surface area contributed by atoms with Crippen LogP contribution in [0.5, 0.6) is 5.75 Å². The first-order valence-electron chi connectivity index (χ1n) is 9.46. The second kappa shape index (κ2) is 8.58. The number of oxazole rings is 1. The van der Waals surface area contributed by atoms with Crippen LogP contribution >= 0.6 is 11.8 Å². The van der Waals surface area contributed by atoms with Gasteiger partial charge in [0.1, 0.15) is 17.1 Å². The van der Waals surface area contributed by atoms with Gasteiger partial charge >= 0.3 is 0 Å². The molecule has 2 heterocycles. The Morgan fingerprint density at radius 1 is 1.23 bits per heavy atom. The number of nitrogens with zero attached hydrogens (tertiary/aromatic N) is 4. The zero-order chi connectivity index (χ0) is 21.1. The average molecular weight is 423 g/mol. The summed E-state index contributed by atoms with van der Waals surface area (Å²) in [7, 11) is 1.62. The molecular formula is C21H21N5O3S. The summed E-state index contributed by atoms with van der Waals surface area (Å²) in [6, 6.07) is 13.0. The zero-order valence-electron chi connectivity index (χ0n) is 16.9. The van der Waals surface area contributed by atoms with Gasteiger partial charge in [-0.15, -0.1) is 10.2 Å². The van der Waals surface area contributed by atoms with Gasteiger partial charge in [0.25, 0.3) is 0 Å². The molecule has 0 aliphatic rings. The van der Waals surface area contributed by atoms with Crippen LogP contribution in [0.4, 0.5) is 5.69 Å². The first-order valence-corrected chi connectivity index (χ1v) is 10.4. The Hall–Kier alpha value is -3.33. The topological polar surface area (TPSA) is 95.1 Å². The van der Waals surface area contributed by atoms with Crippen LogP contribution in [0.25, 0.3) is 16.8 Å². The Morgan fingerprint density at radius 3 is 2.90 bits per heavy atom. The number of hydrogen-bond donors (Lipinski definition) is 1. The van der Waals surface area contributed by atoms with Gasteiger partial charge in [-0.3, -0.25) is 9.36 Å². The number of carbonyl (C=O) groups excluding carboxylic acids is 1. The molecule has 0 unspecified atom stereocenters. The van der Waals surface area contributed by atoms with E-state index >= 15 is 0 Å². The lowest BCUT2D eigenvalue weighted by atomic mass is 10.3. The van der Waals surface area contributed by atoms with Crippen molar-refractivity contribution in [2.75, 3.05) is 18.2 Å². The maximum atomic E-state index is 12.5. The molecule has 1 amide bonds. The van der Waals surface area contributed by atoms with Gasteiger partial charge in [-0.05, 0) is 37.3 Å². The second-order valence-corrected chi connectivity index (χ2v) is 7.49. The molecule has 0 saturated heterocycles. The first kappa shape index (κ1) is 20.0. The first-order chi connectivity index (χ1) is 14.6. The molecule has 4 aromatic rings. The quantitative estimate of drug-likeness (QED) is 0.449. The monoisotopic (exact) mass is 423 g/mol. The summed E-state index contributed by atoms with van der Waals surface area (Å²) in [5.41, 5.74) is 2.99. The second-order valence-electron chi connectivity index (χ2n) is 6.55. The third kappa shape index (κ3) is 4.16. The number of thioether (sulfide) groups is 1. The van der Waals surface area contributed by atoms with Crippen molar-refractivity contribution in [1.29, 1.82) is 0 Å². The Bertz CT molecular complexity index is 1200. The summed E-state index contributed by atoms with van der Waals surface area (Å²) in [6.45, 7) is 3.85. The minimum Gasteiger partial charge on any atom is -0.497 e. The number of carbonyl (C=O) groups is 1. The predicted octanol–water partition coefficient (Wildman–Crippen LogP) is 4.02. The van der Waals surface area contributed by atoms with Gasteiger partial charge in [0, 0.05) is 18.2 Å². The van der Waals surface area contributed by atoms with Gasteiger partial charge in [0.2, 0.25) is 5.91 Å². The van der Waals surface area contributed by atoms with Crippen LogP contribution < -0.4 is 10.1 Å². The molecule has 2 aromatic carbocycles. The summed E-state index contributed by atoms with van der Waals surface area (Å²) in [5, 5.41) is 11.9. The molecule has 8 nitrogen and oxygen atoms in total. The van der Waals surface area contributed by atoms with Gasteiger partial charge in [0.15, 0.2) is 16.6 Å². The summed E-state index contributed by atoms with van der Waals surface area (Å²) in [4.78, 5) is 16.9. The maximum Gasteiger partial charge on any atom is 0.234 e. The Balaban J connectivity index is 1.45. The zero-order valence-corrected chi connectivity index (χ0v) is 17.7. The molecule has 0 spiro atoms. The van der Waals surface area contributed by atoms with Crippen LogP contribution in [-0.2, 0) is 11.2 Å². The molecule has 9 heteroatoms. The summed E-state index contributed by atoms with van der Waals surface area (Å²) < 4.78 is 12.8.